The van der Waals surface area contributed by atoms with E-state index in [-0.39, 0.29) is 21.6 Å². The van der Waals surface area contributed by atoms with E-state index in [1.807, 2.05) is 0 Å². The van der Waals surface area contributed by atoms with Crippen molar-refractivity contribution in [2.45, 2.75) is 31.9 Å². The van der Waals surface area contributed by atoms with E-state index in [4.69, 9.17) is 43.8 Å². The summed E-state index contributed by atoms with van der Waals surface area (Å²) in [4.78, 5) is 4.17. The van der Waals surface area contributed by atoms with Gasteiger partial charge >= 0.3 is 0 Å². The lowest BCUT2D eigenvalue weighted by Crippen LogP contribution is -2.31. The Morgan fingerprint density at radius 2 is 2.13 bits per heavy atom. The molecule has 1 saturated heterocycles. The molecule has 1 aromatic carbocycles. The Bertz CT molecular complexity index is 949. The van der Waals surface area contributed by atoms with E-state index in [9.17, 15) is 4.39 Å². The lowest BCUT2D eigenvalue weighted by atomic mass is 10.1. The maximum atomic E-state index is 13.9. The van der Waals surface area contributed by atoms with Crippen LogP contribution in [0.3, 0.4) is 0 Å². The SMILES string of the molecule is C[C@@H](Oc1cc(/C(C=N)=C/NC2CCOCC2)cnc1N)c1c(Cl)ccc(F)c1Cl. The largest absolute Gasteiger partial charge is 0.482 e. The highest BCUT2D eigenvalue weighted by molar-refractivity contribution is 6.36. The van der Waals surface area contributed by atoms with Gasteiger partial charge in [0.1, 0.15) is 11.9 Å². The van der Waals surface area contributed by atoms with Crippen LogP contribution in [0.2, 0.25) is 10.0 Å². The molecule has 0 unspecified atom stereocenters. The number of anilines is 1. The summed E-state index contributed by atoms with van der Waals surface area (Å²) in [5, 5.41) is 11.3. The third-order valence-electron chi connectivity index (χ3n) is 4.86. The van der Waals surface area contributed by atoms with Crippen LogP contribution in [-0.4, -0.2) is 30.5 Å². The second-order valence-electron chi connectivity index (χ2n) is 6.92. The first kappa shape index (κ1) is 22.3. The van der Waals surface area contributed by atoms with E-state index in [1.54, 1.807) is 25.4 Å². The van der Waals surface area contributed by atoms with Gasteiger partial charge in [-0.1, -0.05) is 23.2 Å². The zero-order valence-corrected chi connectivity index (χ0v) is 17.9. The second-order valence-corrected chi connectivity index (χ2v) is 7.71. The van der Waals surface area contributed by atoms with Gasteiger partial charge in [0, 0.05) is 59.6 Å². The summed E-state index contributed by atoms with van der Waals surface area (Å²) >= 11 is 12.3. The Kier molecular flexibility index (Phi) is 7.53. The predicted octanol–water partition coefficient (Wildman–Crippen LogP) is 5.01. The van der Waals surface area contributed by atoms with E-state index in [0.717, 1.165) is 26.1 Å². The van der Waals surface area contributed by atoms with Crippen molar-refractivity contribution in [2.24, 2.45) is 0 Å². The number of aromatic nitrogens is 1. The molecule has 0 bridgehead atoms. The van der Waals surface area contributed by atoms with E-state index in [0.29, 0.717) is 22.7 Å². The number of hydrogen-bond donors (Lipinski definition) is 3. The molecule has 6 nitrogen and oxygen atoms in total. The van der Waals surface area contributed by atoms with Crippen molar-refractivity contribution >= 4 is 40.8 Å². The van der Waals surface area contributed by atoms with Gasteiger partial charge in [0.2, 0.25) is 0 Å². The van der Waals surface area contributed by atoms with Crippen LogP contribution in [-0.2, 0) is 4.74 Å². The molecule has 160 valence electrons. The molecule has 1 aliphatic rings. The summed E-state index contributed by atoms with van der Waals surface area (Å²) < 4.78 is 25.1. The molecule has 30 heavy (non-hydrogen) atoms. The van der Waals surface area contributed by atoms with Crippen molar-refractivity contribution in [3.63, 3.8) is 0 Å². The summed E-state index contributed by atoms with van der Waals surface area (Å²) in [6.45, 7) is 3.13. The molecule has 4 N–H and O–H groups in total. The van der Waals surface area contributed by atoms with Gasteiger partial charge in [-0.25, -0.2) is 9.37 Å². The van der Waals surface area contributed by atoms with Crippen molar-refractivity contribution in [1.82, 2.24) is 10.3 Å². The zero-order chi connectivity index (χ0) is 21.7. The van der Waals surface area contributed by atoms with Crippen LogP contribution < -0.4 is 15.8 Å². The zero-order valence-electron chi connectivity index (χ0n) is 16.4. The van der Waals surface area contributed by atoms with E-state index < -0.39 is 11.9 Å². The summed E-state index contributed by atoms with van der Waals surface area (Å²) in [5.41, 5.74) is 7.57. The van der Waals surface area contributed by atoms with Crippen molar-refractivity contribution in [1.29, 1.82) is 5.41 Å². The Morgan fingerprint density at radius 3 is 2.83 bits per heavy atom. The lowest BCUT2D eigenvalue weighted by Gasteiger charge is -2.22. The van der Waals surface area contributed by atoms with Gasteiger partial charge in [-0.3, -0.25) is 0 Å². The topological polar surface area (TPSA) is 93.2 Å². The quantitative estimate of drug-likeness (QED) is 0.405. The fraction of sp³-hybridized carbons (Fsp3) is 0.333. The number of rotatable bonds is 7. The number of nitrogens with two attached hydrogens (primary N) is 1. The standard InChI is InChI=1S/C21H23Cl2FN4O2/c1-12(19-16(22)2-3-17(24)20(19)23)30-18-8-13(10-28-21(18)26)14(9-25)11-27-15-4-6-29-7-5-15/h2-3,8-12,15,25,27H,4-7H2,1H3,(H2,26,28)/b14-11+,25-9?/t12-/m1/s1. The number of halogens is 3. The van der Waals surface area contributed by atoms with Crippen LogP contribution >= 0.6 is 23.2 Å². The average Bonchev–Trinajstić information content (AvgIpc) is 2.74. The van der Waals surface area contributed by atoms with Crippen LogP contribution in [0.5, 0.6) is 5.75 Å². The number of nitrogens with one attached hydrogen (secondary N) is 2. The number of hydrogen-bond acceptors (Lipinski definition) is 6. The molecule has 1 fully saturated rings. The normalized spacial score (nSPS) is 16.2. The first-order chi connectivity index (χ1) is 14.4. The molecule has 2 heterocycles. The minimum Gasteiger partial charge on any atom is -0.482 e. The third-order valence-corrected chi connectivity index (χ3v) is 5.57. The summed E-state index contributed by atoms with van der Waals surface area (Å²) in [7, 11) is 0. The second kappa shape index (κ2) is 10.1. The van der Waals surface area contributed by atoms with Gasteiger partial charge in [-0.2, -0.15) is 0 Å². The van der Waals surface area contributed by atoms with E-state index in [2.05, 4.69) is 10.3 Å². The Hall–Kier alpha value is -2.35. The number of nitrogens with zero attached hydrogens (tertiary/aromatic N) is 1. The van der Waals surface area contributed by atoms with Gasteiger partial charge in [0.25, 0.3) is 0 Å². The summed E-state index contributed by atoms with van der Waals surface area (Å²) in [5.74, 6) is -0.134. The molecule has 0 amide bonds. The molecule has 1 aromatic heterocycles. The molecule has 3 rings (SSSR count). The third kappa shape index (κ3) is 5.22. The first-order valence-electron chi connectivity index (χ1n) is 9.51. The summed E-state index contributed by atoms with van der Waals surface area (Å²) in [6, 6.07) is 4.60. The predicted molar refractivity (Wildman–Crippen MR) is 118 cm³/mol. The smallest absolute Gasteiger partial charge is 0.166 e. The first-order valence-corrected chi connectivity index (χ1v) is 10.3. The van der Waals surface area contributed by atoms with Gasteiger partial charge in [-0.15, -0.1) is 0 Å². The highest BCUT2D eigenvalue weighted by Gasteiger charge is 2.20. The van der Waals surface area contributed by atoms with Gasteiger partial charge in [0.05, 0.1) is 5.02 Å². The average molecular weight is 453 g/mol. The number of pyridine rings is 1. The van der Waals surface area contributed by atoms with Crippen molar-refractivity contribution < 1.29 is 13.9 Å². The Balaban J connectivity index is 1.82. The monoisotopic (exact) mass is 452 g/mol. The molecule has 0 saturated carbocycles. The molecule has 0 spiro atoms. The fourth-order valence-corrected chi connectivity index (χ4v) is 3.83. The van der Waals surface area contributed by atoms with Gasteiger partial charge in [0.15, 0.2) is 11.6 Å². The van der Waals surface area contributed by atoms with Crippen LogP contribution in [0.1, 0.15) is 37.0 Å². The van der Waals surface area contributed by atoms with Crippen molar-refractivity contribution in [3.8, 4) is 5.75 Å². The Labute approximate surface area is 184 Å². The minimum atomic E-state index is -0.673. The van der Waals surface area contributed by atoms with Crippen LogP contribution in [0.4, 0.5) is 10.2 Å². The number of nitrogen functional groups attached to an aromatic ring is 1. The Morgan fingerprint density at radius 1 is 1.40 bits per heavy atom. The lowest BCUT2D eigenvalue weighted by molar-refractivity contribution is 0.0812. The van der Waals surface area contributed by atoms with Crippen molar-refractivity contribution in [3.05, 3.63) is 57.6 Å². The molecule has 1 aliphatic heterocycles. The molecule has 1 atom stereocenters. The molecule has 0 radical (unpaired) electrons. The van der Waals surface area contributed by atoms with E-state index >= 15 is 0 Å². The van der Waals surface area contributed by atoms with Crippen LogP contribution in [0.25, 0.3) is 5.57 Å². The molecule has 2 aromatic rings. The molecule has 0 aliphatic carbocycles. The molecular weight excluding hydrogens is 430 g/mol. The number of ether oxygens (including phenoxy) is 2. The van der Waals surface area contributed by atoms with Gasteiger partial charge in [-0.05, 0) is 38.0 Å². The van der Waals surface area contributed by atoms with E-state index in [1.165, 1.54) is 18.3 Å². The van der Waals surface area contributed by atoms with Gasteiger partial charge < -0.3 is 25.9 Å². The molecular formula is C21H23Cl2FN4O2. The minimum absolute atomic E-state index is 0.0987. The van der Waals surface area contributed by atoms with Crippen molar-refractivity contribution in [2.75, 3.05) is 18.9 Å². The van der Waals surface area contributed by atoms with Crippen LogP contribution in [0, 0.1) is 11.2 Å². The van der Waals surface area contributed by atoms with Crippen LogP contribution in [0.15, 0.2) is 30.6 Å². The maximum absolute atomic E-state index is 13.9. The molecule has 9 heteroatoms. The fourth-order valence-electron chi connectivity index (χ4n) is 3.15. The number of allylic oxidation sites excluding steroid dienone is 1. The summed E-state index contributed by atoms with van der Waals surface area (Å²) in [6.07, 6.45) is 5.72. The highest BCUT2D eigenvalue weighted by Crippen LogP contribution is 2.36. The maximum Gasteiger partial charge on any atom is 0.166 e. The number of benzene rings is 1. The highest BCUT2D eigenvalue weighted by atomic mass is 35.5.